The van der Waals surface area contributed by atoms with Gasteiger partial charge in [-0.05, 0) is 25.0 Å². The van der Waals surface area contributed by atoms with Crippen molar-refractivity contribution in [3.63, 3.8) is 0 Å². The molecule has 1 heterocycles. The molecule has 0 aliphatic rings. The molecule has 0 aliphatic heterocycles. The van der Waals surface area contributed by atoms with Crippen molar-refractivity contribution < 1.29 is 9.90 Å². The molecule has 1 amide bonds. The minimum absolute atomic E-state index is 0.0730. The van der Waals surface area contributed by atoms with E-state index in [2.05, 4.69) is 10.3 Å². The zero-order valence-electron chi connectivity index (χ0n) is 10.3. The number of hydrogen-bond donors (Lipinski definition) is 2. The van der Waals surface area contributed by atoms with E-state index in [9.17, 15) is 9.90 Å². The zero-order valence-corrected chi connectivity index (χ0v) is 11.8. The van der Waals surface area contributed by atoms with Crippen molar-refractivity contribution in [2.45, 2.75) is 32.2 Å². The smallest absolute Gasteiger partial charge is 0.272 e. The zero-order chi connectivity index (χ0) is 13.8. The molecule has 18 heavy (non-hydrogen) atoms. The Morgan fingerprint density at radius 2 is 2.00 bits per heavy atom. The Labute approximate surface area is 116 Å². The van der Waals surface area contributed by atoms with E-state index in [0.717, 1.165) is 0 Å². The summed E-state index contributed by atoms with van der Waals surface area (Å²) in [7, 11) is 0. The molecule has 0 unspecified atom stereocenters. The first-order valence-electron chi connectivity index (χ1n) is 5.73. The van der Waals surface area contributed by atoms with Gasteiger partial charge in [-0.1, -0.05) is 37.0 Å². The molecule has 0 saturated heterocycles. The lowest BCUT2D eigenvalue weighted by Crippen LogP contribution is -2.50. The van der Waals surface area contributed by atoms with Crippen LogP contribution in [0.3, 0.4) is 0 Å². The number of carbonyl (C=O) groups excluding carboxylic acids is 1. The molecule has 0 fully saturated rings. The maximum absolute atomic E-state index is 12.1. The lowest BCUT2D eigenvalue weighted by atomic mass is 9.93. The summed E-state index contributed by atoms with van der Waals surface area (Å²) >= 11 is 11.6. The number of aliphatic hydroxyl groups excluding tert-OH is 1. The van der Waals surface area contributed by atoms with Crippen molar-refractivity contribution in [3.05, 3.63) is 28.0 Å². The van der Waals surface area contributed by atoms with Gasteiger partial charge in [0.1, 0.15) is 10.8 Å². The quantitative estimate of drug-likeness (QED) is 0.820. The van der Waals surface area contributed by atoms with E-state index in [0.29, 0.717) is 12.8 Å². The lowest BCUT2D eigenvalue weighted by Gasteiger charge is -2.30. The van der Waals surface area contributed by atoms with E-state index in [-0.39, 0.29) is 22.5 Å². The molecular formula is C12H16Cl2N2O2. The number of carbonyl (C=O) groups is 1. The number of amides is 1. The highest BCUT2D eigenvalue weighted by Gasteiger charge is 2.28. The first-order chi connectivity index (χ1) is 8.48. The summed E-state index contributed by atoms with van der Waals surface area (Å²) in [5.41, 5.74) is -0.575. The average Bonchev–Trinajstić information content (AvgIpc) is 2.38. The van der Waals surface area contributed by atoms with Crippen molar-refractivity contribution >= 4 is 29.1 Å². The van der Waals surface area contributed by atoms with Crippen LogP contribution in [0.25, 0.3) is 0 Å². The van der Waals surface area contributed by atoms with Crippen LogP contribution in [0.4, 0.5) is 0 Å². The number of rotatable bonds is 5. The van der Waals surface area contributed by atoms with Crippen molar-refractivity contribution in [1.29, 1.82) is 0 Å². The van der Waals surface area contributed by atoms with Crippen LogP contribution in [0.1, 0.15) is 37.2 Å². The van der Waals surface area contributed by atoms with Gasteiger partial charge in [-0.15, -0.1) is 0 Å². The minimum Gasteiger partial charge on any atom is -0.394 e. The summed E-state index contributed by atoms with van der Waals surface area (Å²) in [5, 5.41) is 12.6. The summed E-state index contributed by atoms with van der Waals surface area (Å²) in [6.07, 6.45) is 1.23. The molecule has 100 valence electrons. The predicted molar refractivity (Wildman–Crippen MR) is 72.1 cm³/mol. The summed E-state index contributed by atoms with van der Waals surface area (Å²) in [6.45, 7) is 3.66. The SMILES string of the molecule is CCC(CC)(CO)NC(=O)c1nc(Cl)ccc1Cl. The third kappa shape index (κ3) is 3.34. The molecular weight excluding hydrogens is 275 g/mol. The van der Waals surface area contributed by atoms with Crippen LogP contribution < -0.4 is 5.32 Å². The summed E-state index contributed by atoms with van der Waals surface area (Å²) in [6, 6.07) is 3.03. The van der Waals surface area contributed by atoms with E-state index in [1.807, 2.05) is 13.8 Å². The van der Waals surface area contributed by atoms with Crippen LogP contribution in [0, 0.1) is 0 Å². The topological polar surface area (TPSA) is 62.2 Å². The standard InChI is InChI=1S/C12H16Cl2N2O2/c1-3-12(4-2,7-17)16-11(18)10-8(13)5-6-9(14)15-10/h5-6,17H,3-4,7H2,1-2H3,(H,16,18). The highest BCUT2D eigenvalue weighted by atomic mass is 35.5. The van der Waals surface area contributed by atoms with Crippen molar-refractivity contribution in [2.24, 2.45) is 0 Å². The Bertz CT molecular complexity index is 426. The molecule has 0 spiro atoms. The highest BCUT2D eigenvalue weighted by molar-refractivity contribution is 6.34. The lowest BCUT2D eigenvalue weighted by molar-refractivity contribution is 0.0813. The highest BCUT2D eigenvalue weighted by Crippen LogP contribution is 2.19. The number of nitrogens with one attached hydrogen (secondary N) is 1. The molecule has 0 radical (unpaired) electrons. The number of hydrogen-bond acceptors (Lipinski definition) is 3. The van der Waals surface area contributed by atoms with Crippen LogP contribution in [-0.4, -0.2) is 28.1 Å². The van der Waals surface area contributed by atoms with Gasteiger partial charge in [-0.25, -0.2) is 4.98 Å². The fourth-order valence-corrected chi connectivity index (χ4v) is 1.91. The van der Waals surface area contributed by atoms with Crippen molar-refractivity contribution in [2.75, 3.05) is 6.61 Å². The second kappa shape index (κ2) is 6.36. The molecule has 4 nitrogen and oxygen atoms in total. The maximum Gasteiger partial charge on any atom is 0.272 e. The summed E-state index contributed by atoms with van der Waals surface area (Å²) in [4.78, 5) is 16.0. The molecule has 1 aromatic heterocycles. The monoisotopic (exact) mass is 290 g/mol. The maximum atomic E-state index is 12.1. The van der Waals surface area contributed by atoms with Gasteiger partial charge in [0.2, 0.25) is 0 Å². The fraction of sp³-hybridized carbons (Fsp3) is 0.500. The number of aliphatic hydroxyl groups is 1. The molecule has 1 aromatic rings. The van der Waals surface area contributed by atoms with E-state index in [4.69, 9.17) is 23.2 Å². The molecule has 0 aromatic carbocycles. The van der Waals surface area contributed by atoms with E-state index >= 15 is 0 Å². The molecule has 0 bridgehead atoms. The van der Waals surface area contributed by atoms with Gasteiger partial charge in [-0.2, -0.15) is 0 Å². The van der Waals surface area contributed by atoms with Crippen LogP contribution in [0.15, 0.2) is 12.1 Å². The van der Waals surface area contributed by atoms with Crippen LogP contribution >= 0.6 is 23.2 Å². The molecule has 0 aliphatic carbocycles. The Morgan fingerprint density at radius 3 is 2.50 bits per heavy atom. The molecule has 0 saturated carbocycles. The van der Waals surface area contributed by atoms with E-state index in [1.54, 1.807) is 0 Å². The normalized spacial score (nSPS) is 11.4. The Balaban J connectivity index is 2.97. The Morgan fingerprint density at radius 1 is 1.39 bits per heavy atom. The molecule has 6 heteroatoms. The first kappa shape index (κ1) is 15.2. The van der Waals surface area contributed by atoms with Gasteiger partial charge in [0, 0.05) is 0 Å². The third-order valence-corrected chi connectivity index (χ3v) is 3.58. The van der Waals surface area contributed by atoms with Gasteiger partial charge in [0.05, 0.1) is 17.2 Å². The first-order valence-corrected chi connectivity index (χ1v) is 6.49. The predicted octanol–water partition coefficient (Wildman–Crippen LogP) is 2.67. The molecule has 0 atom stereocenters. The molecule has 2 N–H and O–H groups in total. The largest absolute Gasteiger partial charge is 0.394 e. The van der Waals surface area contributed by atoms with Crippen molar-refractivity contribution in [1.82, 2.24) is 10.3 Å². The van der Waals surface area contributed by atoms with Crippen LogP contribution in [0.5, 0.6) is 0 Å². The summed E-state index contributed by atoms with van der Waals surface area (Å²) < 4.78 is 0. The average molecular weight is 291 g/mol. The Hall–Kier alpha value is -0.840. The van der Waals surface area contributed by atoms with Crippen LogP contribution in [-0.2, 0) is 0 Å². The number of aromatic nitrogens is 1. The van der Waals surface area contributed by atoms with Crippen molar-refractivity contribution in [3.8, 4) is 0 Å². The van der Waals surface area contributed by atoms with Crippen LogP contribution in [0.2, 0.25) is 10.2 Å². The number of halogens is 2. The van der Waals surface area contributed by atoms with E-state index in [1.165, 1.54) is 12.1 Å². The minimum atomic E-state index is -0.648. The van der Waals surface area contributed by atoms with Gasteiger partial charge < -0.3 is 10.4 Å². The summed E-state index contributed by atoms with van der Waals surface area (Å²) in [5.74, 6) is -0.430. The number of nitrogens with zero attached hydrogens (tertiary/aromatic N) is 1. The molecule has 1 rings (SSSR count). The second-order valence-electron chi connectivity index (χ2n) is 4.06. The van der Waals surface area contributed by atoms with Gasteiger partial charge >= 0.3 is 0 Å². The third-order valence-electron chi connectivity index (χ3n) is 3.06. The fourth-order valence-electron chi connectivity index (χ4n) is 1.57. The number of pyridine rings is 1. The van der Waals surface area contributed by atoms with Gasteiger partial charge in [-0.3, -0.25) is 4.79 Å². The van der Waals surface area contributed by atoms with Gasteiger partial charge in [0.25, 0.3) is 5.91 Å². The second-order valence-corrected chi connectivity index (χ2v) is 4.86. The Kier molecular flexibility index (Phi) is 5.38. The van der Waals surface area contributed by atoms with E-state index < -0.39 is 11.4 Å². The van der Waals surface area contributed by atoms with Gasteiger partial charge in [0.15, 0.2) is 0 Å².